The molecule has 0 aliphatic heterocycles. The second kappa shape index (κ2) is 10.5. The van der Waals surface area contributed by atoms with Crippen molar-refractivity contribution >= 4 is 17.7 Å². The predicted molar refractivity (Wildman–Crippen MR) is 90.8 cm³/mol. The van der Waals surface area contributed by atoms with Crippen molar-refractivity contribution in [1.82, 2.24) is 25.4 Å². The minimum atomic E-state index is 0.543. The molecule has 0 atom stereocenters. The van der Waals surface area contributed by atoms with Crippen LogP contribution in [0.5, 0.6) is 0 Å². The Hall–Kier alpha value is -1.24. The SMILES string of the molecule is CCCCNC(=NCc1nnc(C)n1C)NCCCSC. The molecule has 0 radical (unpaired) electrons. The van der Waals surface area contributed by atoms with Crippen molar-refractivity contribution in [2.45, 2.75) is 39.7 Å². The molecule has 0 fully saturated rings. The van der Waals surface area contributed by atoms with Crippen molar-refractivity contribution in [3.63, 3.8) is 0 Å². The molecule has 2 N–H and O–H groups in total. The third-order valence-corrected chi connectivity index (χ3v) is 3.90. The molecule has 1 heterocycles. The maximum Gasteiger partial charge on any atom is 0.191 e. The Bertz CT molecular complexity index is 429. The quantitative estimate of drug-likeness (QED) is 0.413. The normalized spacial score (nSPS) is 11.7. The number of aryl methyl sites for hydroxylation is 1. The summed E-state index contributed by atoms with van der Waals surface area (Å²) in [5.41, 5.74) is 0. The monoisotopic (exact) mass is 312 g/mol. The molecular weight excluding hydrogens is 284 g/mol. The van der Waals surface area contributed by atoms with Crippen LogP contribution in [0.1, 0.15) is 37.8 Å². The number of hydrogen-bond donors (Lipinski definition) is 2. The molecule has 0 unspecified atom stereocenters. The molecule has 0 aromatic carbocycles. The van der Waals surface area contributed by atoms with Crippen molar-refractivity contribution in [2.75, 3.05) is 25.1 Å². The smallest absolute Gasteiger partial charge is 0.191 e. The van der Waals surface area contributed by atoms with Gasteiger partial charge in [0.15, 0.2) is 11.8 Å². The Balaban J connectivity index is 2.52. The summed E-state index contributed by atoms with van der Waals surface area (Å²) in [6.45, 7) is 6.56. The summed E-state index contributed by atoms with van der Waals surface area (Å²) in [4.78, 5) is 4.60. The Morgan fingerprint density at radius 1 is 1.24 bits per heavy atom. The third kappa shape index (κ3) is 6.84. The highest BCUT2D eigenvalue weighted by Gasteiger charge is 2.04. The lowest BCUT2D eigenvalue weighted by Crippen LogP contribution is -2.38. The van der Waals surface area contributed by atoms with Crippen LogP contribution in [0.4, 0.5) is 0 Å². The van der Waals surface area contributed by atoms with Crippen LogP contribution < -0.4 is 10.6 Å². The molecule has 120 valence electrons. The summed E-state index contributed by atoms with van der Waals surface area (Å²) in [7, 11) is 1.97. The van der Waals surface area contributed by atoms with E-state index in [2.05, 4.69) is 39.0 Å². The van der Waals surface area contributed by atoms with Gasteiger partial charge in [0.25, 0.3) is 0 Å². The number of aliphatic imine (C=N–C) groups is 1. The predicted octanol–water partition coefficient (Wildman–Crippen LogP) is 1.71. The molecule has 0 aliphatic carbocycles. The molecule has 0 bridgehead atoms. The molecule has 0 saturated carbocycles. The van der Waals surface area contributed by atoms with Crippen molar-refractivity contribution < 1.29 is 0 Å². The molecule has 21 heavy (non-hydrogen) atoms. The van der Waals surface area contributed by atoms with E-state index in [0.717, 1.165) is 49.3 Å². The number of guanidine groups is 1. The second-order valence-corrected chi connectivity index (χ2v) is 5.93. The van der Waals surface area contributed by atoms with Gasteiger partial charge in [-0.05, 0) is 31.8 Å². The van der Waals surface area contributed by atoms with Crippen LogP contribution >= 0.6 is 11.8 Å². The topological polar surface area (TPSA) is 67.1 Å². The Labute approximate surface area is 132 Å². The van der Waals surface area contributed by atoms with Gasteiger partial charge < -0.3 is 15.2 Å². The number of rotatable bonds is 9. The maximum absolute atomic E-state index is 4.60. The van der Waals surface area contributed by atoms with Gasteiger partial charge in [0.05, 0.1) is 0 Å². The van der Waals surface area contributed by atoms with E-state index in [-0.39, 0.29) is 0 Å². The fourth-order valence-electron chi connectivity index (χ4n) is 1.72. The summed E-state index contributed by atoms with van der Waals surface area (Å²) in [5, 5.41) is 14.9. The van der Waals surface area contributed by atoms with E-state index in [1.807, 2.05) is 30.3 Å². The first kappa shape index (κ1) is 17.8. The fraction of sp³-hybridized carbons (Fsp3) is 0.786. The molecule has 1 aromatic heterocycles. The van der Waals surface area contributed by atoms with Crippen LogP contribution in [-0.4, -0.2) is 45.8 Å². The van der Waals surface area contributed by atoms with E-state index >= 15 is 0 Å². The highest BCUT2D eigenvalue weighted by atomic mass is 32.2. The van der Waals surface area contributed by atoms with Crippen LogP contribution in [0, 0.1) is 6.92 Å². The molecule has 1 rings (SSSR count). The Morgan fingerprint density at radius 2 is 1.95 bits per heavy atom. The average molecular weight is 312 g/mol. The molecule has 0 saturated heterocycles. The largest absolute Gasteiger partial charge is 0.356 e. The highest BCUT2D eigenvalue weighted by Crippen LogP contribution is 1.99. The molecule has 7 heteroatoms. The molecule has 6 nitrogen and oxygen atoms in total. The van der Waals surface area contributed by atoms with Gasteiger partial charge >= 0.3 is 0 Å². The lowest BCUT2D eigenvalue weighted by Gasteiger charge is -2.12. The molecule has 1 aromatic rings. The summed E-state index contributed by atoms with van der Waals surface area (Å²) in [5.74, 6) is 3.82. The highest BCUT2D eigenvalue weighted by molar-refractivity contribution is 7.98. The van der Waals surface area contributed by atoms with Crippen molar-refractivity contribution in [3.8, 4) is 0 Å². The lowest BCUT2D eigenvalue weighted by atomic mass is 10.3. The van der Waals surface area contributed by atoms with E-state index < -0.39 is 0 Å². The molecule has 0 spiro atoms. The van der Waals surface area contributed by atoms with Crippen LogP contribution in [0.25, 0.3) is 0 Å². The number of nitrogens with one attached hydrogen (secondary N) is 2. The van der Waals surface area contributed by atoms with Gasteiger partial charge in [0, 0.05) is 20.1 Å². The standard InChI is InChI=1S/C14H28N6S/c1-5-6-8-15-14(16-9-7-10-21-4)17-11-13-19-18-12(2)20(13)3/h5-11H2,1-4H3,(H2,15,16,17). The fourth-order valence-corrected chi connectivity index (χ4v) is 2.15. The minimum absolute atomic E-state index is 0.543. The zero-order chi connectivity index (χ0) is 15.5. The Morgan fingerprint density at radius 3 is 2.52 bits per heavy atom. The minimum Gasteiger partial charge on any atom is -0.356 e. The van der Waals surface area contributed by atoms with E-state index in [1.54, 1.807) is 0 Å². The maximum atomic E-state index is 4.60. The van der Waals surface area contributed by atoms with Gasteiger partial charge in [0.1, 0.15) is 12.4 Å². The van der Waals surface area contributed by atoms with Gasteiger partial charge in [0.2, 0.25) is 0 Å². The van der Waals surface area contributed by atoms with Crippen LogP contribution in [0.2, 0.25) is 0 Å². The summed E-state index contributed by atoms with van der Waals surface area (Å²) in [6.07, 6.45) is 5.59. The van der Waals surface area contributed by atoms with Gasteiger partial charge in [-0.2, -0.15) is 11.8 Å². The number of aromatic nitrogens is 3. The molecular formula is C14H28N6S. The Kier molecular flexibility index (Phi) is 8.89. The number of nitrogens with zero attached hydrogens (tertiary/aromatic N) is 4. The van der Waals surface area contributed by atoms with Crippen molar-refractivity contribution in [3.05, 3.63) is 11.6 Å². The zero-order valence-corrected chi connectivity index (χ0v) is 14.5. The number of hydrogen-bond acceptors (Lipinski definition) is 4. The third-order valence-electron chi connectivity index (χ3n) is 3.20. The van der Waals surface area contributed by atoms with Gasteiger partial charge in [-0.15, -0.1) is 10.2 Å². The summed E-state index contributed by atoms with van der Waals surface area (Å²) < 4.78 is 1.97. The zero-order valence-electron chi connectivity index (χ0n) is 13.6. The van der Waals surface area contributed by atoms with Crippen LogP contribution in [0.15, 0.2) is 4.99 Å². The van der Waals surface area contributed by atoms with E-state index in [9.17, 15) is 0 Å². The van der Waals surface area contributed by atoms with Gasteiger partial charge in [-0.3, -0.25) is 0 Å². The van der Waals surface area contributed by atoms with Crippen molar-refractivity contribution in [2.24, 2.45) is 12.0 Å². The van der Waals surface area contributed by atoms with Crippen LogP contribution in [-0.2, 0) is 13.6 Å². The summed E-state index contributed by atoms with van der Waals surface area (Å²) in [6, 6.07) is 0. The molecule has 0 aliphatic rings. The van der Waals surface area contributed by atoms with Crippen molar-refractivity contribution in [1.29, 1.82) is 0 Å². The van der Waals surface area contributed by atoms with Gasteiger partial charge in [-0.25, -0.2) is 4.99 Å². The second-order valence-electron chi connectivity index (χ2n) is 4.94. The van der Waals surface area contributed by atoms with E-state index in [0.29, 0.717) is 6.54 Å². The van der Waals surface area contributed by atoms with Gasteiger partial charge in [-0.1, -0.05) is 13.3 Å². The van der Waals surface area contributed by atoms with Crippen LogP contribution in [0.3, 0.4) is 0 Å². The number of unbranched alkanes of at least 4 members (excludes halogenated alkanes) is 1. The summed E-state index contributed by atoms with van der Waals surface area (Å²) >= 11 is 1.87. The van der Waals surface area contributed by atoms with E-state index in [4.69, 9.17) is 0 Å². The average Bonchev–Trinajstić information content (AvgIpc) is 2.80. The number of thioether (sulfide) groups is 1. The van der Waals surface area contributed by atoms with E-state index in [1.165, 1.54) is 6.42 Å². The first-order valence-electron chi connectivity index (χ1n) is 7.55. The first-order chi connectivity index (χ1) is 10.2. The lowest BCUT2D eigenvalue weighted by molar-refractivity contribution is 0.712. The molecule has 0 amide bonds. The first-order valence-corrected chi connectivity index (χ1v) is 8.94.